The predicted molar refractivity (Wildman–Crippen MR) is 88.0 cm³/mol. The van der Waals surface area contributed by atoms with Gasteiger partial charge >= 0.3 is 5.97 Å². The van der Waals surface area contributed by atoms with E-state index >= 15 is 0 Å². The molecule has 4 heteroatoms. The summed E-state index contributed by atoms with van der Waals surface area (Å²) in [6.07, 6.45) is 11.3. The number of carbonyl (C=O) groups excluding carboxylic acids is 1. The number of hydrogen-bond acceptors (Lipinski definition) is 4. The molecule has 22 heavy (non-hydrogen) atoms. The van der Waals surface area contributed by atoms with Crippen LogP contribution in [0.2, 0.25) is 0 Å². The van der Waals surface area contributed by atoms with Crippen LogP contribution in [0.3, 0.4) is 0 Å². The van der Waals surface area contributed by atoms with Gasteiger partial charge in [0.25, 0.3) is 0 Å². The third kappa shape index (κ3) is 5.08. The fourth-order valence-electron chi connectivity index (χ4n) is 4.00. The van der Waals surface area contributed by atoms with Crippen molar-refractivity contribution >= 4 is 12.2 Å². The fourth-order valence-corrected chi connectivity index (χ4v) is 4.00. The smallest absolute Gasteiger partial charge is 0.303 e. The van der Waals surface area contributed by atoms with Crippen molar-refractivity contribution in [1.82, 2.24) is 0 Å². The van der Waals surface area contributed by atoms with Gasteiger partial charge in [-0.3, -0.25) is 9.79 Å². The van der Waals surface area contributed by atoms with Crippen LogP contribution in [0.25, 0.3) is 0 Å². The largest absolute Gasteiger partial charge is 0.456 e. The number of aliphatic hydroxyl groups excluding tert-OH is 1. The summed E-state index contributed by atoms with van der Waals surface area (Å²) in [5.41, 5.74) is 0. The summed E-state index contributed by atoms with van der Waals surface area (Å²) in [6, 6.07) is -0.0156. The molecule has 2 aliphatic rings. The zero-order valence-electron chi connectivity index (χ0n) is 14.0. The summed E-state index contributed by atoms with van der Waals surface area (Å²) >= 11 is 0. The van der Waals surface area contributed by atoms with Gasteiger partial charge in [-0.25, -0.2) is 0 Å². The van der Waals surface area contributed by atoms with E-state index in [1.807, 2.05) is 6.21 Å². The first kappa shape index (κ1) is 17.5. The summed E-state index contributed by atoms with van der Waals surface area (Å²) in [7, 11) is 0. The second kappa shape index (κ2) is 8.66. The molecular weight excluding hydrogens is 278 g/mol. The van der Waals surface area contributed by atoms with E-state index in [0.717, 1.165) is 32.1 Å². The van der Waals surface area contributed by atoms with Crippen molar-refractivity contribution in [3.05, 3.63) is 0 Å². The number of hydrogen-bond donors (Lipinski definition) is 1. The van der Waals surface area contributed by atoms with Crippen LogP contribution in [-0.2, 0) is 9.53 Å². The van der Waals surface area contributed by atoms with Crippen LogP contribution >= 0.6 is 0 Å². The van der Waals surface area contributed by atoms with Gasteiger partial charge in [0.2, 0.25) is 0 Å². The van der Waals surface area contributed by atoms with Gasteiger partial charge in [0, 0.05) is 19.1 Å². The number of aliphatic imine (C=N–C) groups is 1. The van der Waals surface area contributed by atoms with Crippen LogP contribution in [0.1, 0.15) is 71.6 Å². The lowest BCUT2D eigenvalue weighted by atomic mass is 9.85. The monoisotopic (exact) mass is 309 g/mol. The quantitative estimate of drug-likeness (QED) is 0.603. The standard InChI is InChI=1S/C18H31NO3/c1-3-7-14-10-16(17(21)11-14)19-12-18(22-13(2)20)15-8-5-4-6-9-15/h12,14-18,21H,3-11H2,1-2H3. The molecule has 126 valence electrons. The van der Waals surface area contributed by atoms with E-state index in [0.29, 0.717) is 11.8 Å². The van der Waals surface area contributed by atoms with Crippen LogP contribution in [0.5, 0.6) is 0 Å². The zero-order chi connectivity index (χ0) is 15.9. The first-order valence-corrected chi connectivity index (χ1v) is 8.98. The average molecular weight is 309 g/mol. The second-order valence-electron chi connectivity index (χ2n) is 7.03. The number of carbonyl (C=O) groups is 1. The van der Waals surface area contributed by atoms with Crippen molar-refractivity contribution in [3.8, 4) is 0 Å². The number of esters is 1. The van der Waals surface area contributed by atoms with E-state index < -0.39 is 0 Å². The molecule has 2 saturated carbocycles. The summed E-state index contributed by atoms with van der Waals surface area (Å²) in [6.45, 7) is 3.65. The maximum absolute atomic E-state index is 11.4. The predicted octanol–water partition coefficient (Wildman–Crippen LogP) is 3.51. The molecule has 2 fully saturated rings. The molecule has 4 unspecified atom stereocenters. The minimum absolute atomic E-state index is 0.0156. The second-order valence-corrected chi connectivity index (χ2v) is 7.03. The third-order valence-corrected chi connectivity index (χ3v) is 5.13. The lowest BCUT2D eigenvalue weighted by Gasteiger charge is -2.27. The van der Waals surface area contributed by atoms with Crippen LogP contribution < -0.4 is 0 Å². The minimum Gasteiger partial charge on any atom is -0.456 e. The number of aliphatic hydroxyl groups is 1. The molecule has 2 aliphatic carbocycles. The minimum atomic E-state index is -0.336. The fraction of sp³-hybridized carbons (Fsp3) is 0.889. The summed E-state index contributed by atoms with van der Waals surface area (Å²) in [5.74, 6) is 0.744. The summed E-state index contributed by atoms with van der Waals surface area (Å²) in [4.78, 5) is 16.0. The van der Waals surface area contributed by atoms with E-state index in [-0.39, 0.29) is 24.2 Å². The maximum atomic E-state index is 11.4. The first-order valence-electron chi connectivity index (χ1n) is 8.98. The molecule has 4 atom stereocenters. The van der Waals surface area contributed by atoms with Crippen molar-refractivity contribution in [3.63, 3.8) is 0 Å². The van der Waals surface area contributed by atoms with Gasteiger partial charge in [-0.05, 0) is 31.6 Å². The third-order valence-electron chi connectivity index (χ3n) is 5.13. The van der Waals surface area contributed by atoms with Gasteiger partial charge in [-0.1, -0.05) is 39.0 Å². The molecule has 0 aromatic carbocycles. The van der Waals surface area contributed by atoms with Gasteiger partial charge in [-0.2, -0.15) is 0 Å². The van der Waals surface area contributed by atoms with Crippen LogP contribution in [0, 0.1) is 11.8 Å². The van der Waals surface area contributed by atoms with Gasteiger partial charge in [0.15, 0.2) is 0 Å². The molecule has 0 spiro atoms. The molecule has 0 aliphatic heterocycles. The van der Waals surface area contributed by atoms with Crippen molar-refractivity contribution in [1.29, 1.82) is 0 Å². The molecule has 0 bridgehead atoms. The highest BCUT2D eigenvalue weighted by molar-refractivity contribution is 5.72. The lowest BCUT2D eigenvalue weighted by Crippen LogP contribution is -2.30. The summed E-state index contributed by atoms with van der Waals surface area (Å²) < 4.78 is 5.49. The Kier molecular flexibility index (Phi) is 6.87. The molecule has 1 N–H and O–H groups in total. The Morgan fingerprint density at radius 1 is 1.32 bits per heavy atom. The Morgan fingerprint density at radius 3 is 2.68 bits per heavy atom. The number of ether oxygens (including phenoxy) is 1. The Bertz CT molecular complexity index is 377. The van der Waals surface area contributed by atoms with E-state index in [9.17, 15) is 9.90 Å². The van der Waals surface area contributed by atoms with Gasteiger partial charge in [0.05, 0.1) is 12.1 Å². The topological polar surface area (TPSA) is 58.9 Å². The van der Waals surface area contributed by atoms with Gasteiger partial charge < -0.3 is 9.84 Å². The molecule has 0 amide bonds. The highest BCUT2D eigenvalue weighted by Gasteiger charge is 2.32. The Balaban J connectivity index is 1.94. The highest BCUT2D eigenvalue weighted by Crippen LogP contribution is 2.32. The Hall–Kier alpha value is -0.900. The highest BCUT2D eigenvalue weighted by atomic mass is 16.5. The molecule has 0 radical (unpaired) electrons. The lowest BCUT2D eigenvalue weighted by molar-refractivity contribution is -0.145. The Morgan fingerprint density at radius 2 is 2.05 bits per heavy atom. The van der Waals surface area contributed by atoms with Gasteiger partial charge in [-0.15, -0.1) is 0 Å². The van der Waals surface area contributed by atoms with E-state index in [2.05, 4.69) is 11.9 Å². The van der Waals surface area contributed by atoms with Crippen molar-refractivity contribution in [2.75, 3.05) is 0 Å². The molecule has 2 rings (SSSR count). The summed E-state index contributed by atoms with van der Waals surface area (Å²) in [5, 5.41) is 10.2. The van der Waals surface area contributed by atoms with Crippen LogP contribution in [-0.4, -0.2) is 35.5 Å². The molecular formula is C18H31NO3. The average Bonchev–Trinajstić information content (AvgIpc) is 2.84. The van der Waals surface area contributed by atoms with E-state index in [4.69, 9.17) is 4.74 Å². The molecule has 4 nitrogen and oxygen atoms in total. The zero-order valence-corrected chi connectivity index (χ0v) is 14.0. The molecule has 0 saturated heterocycles. The SMILES string of the molecule is CCCC1CC(O)C(N=CC(OC(C)=O)C2CCCCC2)C1. The molecule has 0 aromatic heterocycles. The van der Waals surface area contributed by atoms with Crippen molar-refractivity contribution in [2.24, 2.45) is 16.8 Å². The maximum Gasteiger partial charge on any atom is 0.303 e. The van der Waals surface area contributed by atoms with Crippen molar-refractivity contribution < 1.29 is 14.6 Å². The van der Waals surface area contributed by atoms with Crippen LogP contribution in [0.15, 0.2) is 4.99 Å². The van der Waals surface area contributed by atoms with E-state index in [1.165, 1.54) is 32.6 Å². The molecule has 0 heterocycles. The Labute approximate surface area is 134 Å². The number of nitrogens with zero attached hydrogens (tertiary/aromatic N) is 1. The van der Waals surface area contributed by atoms with Crippen molar-refractivity contribution in [2.45, 2.75) is 89.9 Å². The van der Waals surface area contributed by atoms with E-state index in [1.54, 1.807) is 0 Å². The van der Waals surface area contributed by atoms with Gasteiger partial charge in [0.1, 0.15) is 6.10 Å². The van der Waals surface area contributed by atoms with Crippen LogP contribution in [0.4, 0.5) is 0 Å². The number of rotatable bonds is 6. The molecule has 0 aromatic rings. The normalized spacial score (nSPS) is 31.5. The first-order chi connectivity index (χ1) is 10.6.